The van der Waals surface area contributed by atoms with Gasteiger partial charge in [0.2, 0.25) is 0 Å². The Hall–Kier alpha value is -3.61. The number of benzene rings is 1. The van der Waals surface area contributed by atoms with E-state index in [1.165, 1.54) is 0 Å². The van der Waals surface area contributed by atoms with Gasteiger partial charge in [0, 0.05) is 42.5 Å². The summed E-state index contributed by atoms with van der Waals surface area (Å²) in [6.45, 7) is 8.71. The van der Waals surface area contributed by atoms with E-state index in [1.54, 1.807) is 13.3 Å². The number of hydrogen-bond donors (Lipinski definition) is 1. The van der Waals surface area contributed by atoms with Crippen molar-refractivity contribution >= 4 is 11.7 Å². The quantitative estimate of drug-likeness (QED) is 0.434. The molecule has 1 fully saturated rings. The molecule has 1 N–H and O–H groups in total. The molecular formula is C29H35N3O4. The lowest BCUT2D eigenvalue weighted by atomic mass is 9.82. The second-order valence-electron chi connectivity index (χ2n) is 10.1. The van der Waals surface area contributed by atoms with E-state index in [1.807, 2.05) is 49.5 Å². The Morgan fingerprint density at radius 2 is 1.83 bits per heavy atom. The number of nitrogens with zero attached hydrogens (tertiary/aromatic N) is 3. The van der Waals surface area contributed by atoms with Gasteiger partial charge < -0.3 is 19.5 Å². The van der Waals surface area contributed by atoms with Crippen molar-refractivity contribution < 1.29 is 19.4 Å². The van der Waals surface area contributed by atoms with Crippen LogP contribution in [0.25, 0.3) is 11.3 Å². The van der Waals surface area contributed by atoms with Crippen molar-refractivity contribution in [2.45, 2.75) is 46.5 Å². The van der Waals surface area contributed by atoms with E-state index in [2.05, 4.69) is 28.7 Å². The number of pyridine rings is 2. The van der Waals surface area contributed by atoms with Crippen molar-refractivity contribution in [2.24, 2.45) is 5.41 Å². The Bertz CT molecular complexity index is 1200. The first-order chi connectivity index (χ1) is 17.3. The lowest BCUT2D eigenvalue weighted by Gasteiger charge is -2.40. The van der Waals surface area contributed by atoms with Gasteiger partial charge in [-0.05, 0) is 48.9 Å². The van der Waals surface area contributed by atoms with Crippen LogP contribution < -0.4 is 14.4 Å². The lowest BCUT2D eigenvalue weighted by Crippen LogP contribution is -2.38. The third-order valence-corrected chi connectivity index (χ3v) is 6.97. The van der Waals surface area contributed by atoms with Crippen LogP contribution in [0.4, 0.5) is 5.69 Å². The van der Waals surface area contributed by atoms with E-state index in [9.17, 15) is 9.90 Å². The number of para-hydroxylation sites is 1. The first-order valence-corrected chi connectivity index (χ1v) is 12.4. The number of carbonyl (C=O) groups is 1. The van der Waals surface area contributed by atoms with Crippen molar-refractivity contribution in [3.63, 3.8) is 0 Å². The number of aliphatic carboxylic acids is 1. The number of anilines is 1. The number of carboxylic acids is 1. The van der Waals surface area contributed by atoms with Crippen LogP contribution in [0, 0.1) is 12.3 Å². The predicted octanol–water partition coefficient (Wildman–Crippen LogP) is 5.34. The first kappa shape index (κ1) is 25.5. The van der Waals surface area contributed by atoms with E-state index in [4.69, 9.17) is 9.47 Å². The van der Waals surface area contributed by atoms with Crippen LogP contribution in [0.2, 0.25) is 0 Å². The molecule has 0 aliphatic carbocycles. The third-order valence-electron chi connectivity index (χ3n) is 6.97. The van der Waals surface area contributed by atoms with Crippen molar-refractivity contribution in [2.75, 3.05) is 31.7 Å². The molecule has 4 rings (SSSR count). The number of rotatable bonds is 9. The third kappa shape index (κ3) is 5.96. The molecule has 0 atom stereocenters. The number of aryl methyl sites for hydroxylation is 1. The summed E-state index contributed by atoms with van der Waals surface area (Å²) < 4.78 is 11.4. The topological polar surface area (TPSA) is 84.8 Å². The average Bonchev–Trinajstić information content (AvgIpc) is 2.86. The van der Waals surface area contributed by atoms with Gasteiger partial charge in [0.15, 0.2) is 0 Å². The molecule has 7 nitrogen and oxygen atoms in total. The Morgan fingerprint density at radius 3 is 2.50 bits per heavy atom. The number of piperidine rings is 1. The van der Waals surface area contributed by atoms with Crippen LogP contribution in [0.15, 0.2) is 48.8 Å². The summed E-state index contributed by atoms with van der Waals surface area (Å²) in [6.07, 6.45) is 6.30. The fraction of sp³-hybridized carbons (Fsp3) is 0.414. The van der Waals surface area contributed by atoms with E-state index in [-0.39, 0.29) is 11.8 Å². The zero-order valence-electron chi connectivity index (χ0n) is 21.6. The van der Waals surface area contributed by atoms with Crippen LogP contribution in [-0.2, 0) is 17.6 Å². The number of ether oxygens (including phenoxy) is 2. The molecule has 2 aromatic heterocycles. The predicted molar refractivity (Wildman–Crippen MR) is 141 cm³/mol. The van der Waals surface area contributed by atoms with Crippen molar-refractivity contribution in [1.82, 2.24) is 9.97 Å². The van der Waals surface area contributed by atoms with Gasteiger partial charge in [-0.25, -0.2) is 0 Å². The molecule has 7 heteroatoms. The number of carboxylic acid groups (broad SMARTS) is 1. The number of hydrogen-bond acceptors (Lipinski definition) is 6. The summed E-state index contributed by atoms with van der Waals surface area (Å²) in [5.41, 5.74) is 5.44. The van der Waals surface area contributed by atoms with E-state index in [0.717, 1.165) is 71.9 Å². The van der Waals surface area contributed by atoms with Crippen LogP contribution in [0.1, 0.15) is 43.5 Å². The zero-order valence-corrected chi connectivity index (χ0v) is 21.6. The monoisotopic (exact) mass is 489 g/mol. The van der Waals surface area contributed by atoms with Crippen LogP contribution in [0.5, 0.6) is 11.5 Å². The summed E-state index contributed by atoms with van der Waals surface area (Å²) >= 11 is 0. The molecule has 0 spiro atoms. The minimum Gasteiger partial charge on any atom is -0.496 e. The molecule has 0 radical (unpaired) electrons. The fourth-order valence-corrected chi connectivity index (χ4v) is 4.69. The van der Waals surface area contributed by atoms with E-state index >= 15 is 0 Å². The fourth-order valence-electron chi connectivity index (χ4n) is 4.69. The average molecular weight is 490 g/mol. The summed E-state index contributed by atoms with van der Waals surface area (Å²) in [5.74, 6) is 0.676. The molecule has 1 aromatic carbocycles. The van der Waals surface area contributed by atoms with Gasteiger partial charge in [-0.2, -0.15) is 0 Å². The Morgan fingerprint density at radius 1 is 1.08 bits per heavy atom. The van der Waals surface area contributed by atoms with Gasteiger partial charge in [0.05, 0.1) is 37.7 Å². The molecule has 190 valence electrons. The molecule has 3 heterocycles. The van der Waals surface area contributed by atoms with Gasteiger partial charge in [-0.3, -0.25) is 14.8 Å². The maximum atomic E-state index is 11.7. The minimum atomic E-state index is -0.859. The molecular weight excluding hydrogens is 454 g/mol. The molecule has 1 aliphatic heterocycles. The largest absolute Gasteiger partial charge is 0.496 e. The molecule has 1 aliphatic rings. The van der Waals surface area contributed by atoms with Crippen LogP contribution in [-0.4, -0.2) is 47.8 Å². The van der Waals surface area contributed by atoms with E-state index in [0.29, 0.717) is 12.4 Å². The molecule has 0 saturated carbocycles. The highest BCUT2D eigenvalue weighted by Crippen LogP contribution is 2.39. The zero-order chi connectivity index (χ0) is 25.7. The Labute approximate surface area is 213 Å². The van der Waals surface area contributed by atoms with Crippen molar-refractivity contribution in [3.05, 3.63) is 65.6 Å². The Kier molecular flexibility index (Phi) is 7.77. The van der Waals surface area contributed by atoms with Crippen LogP contribution in [0.3, 0.4) is 0 Å². The first-order valence-electron chi connectivity index (χ1n) is 12.4. The van der Waals surface area contributed by atoms with Gasteiger partial charge in [0.1, 0.15) is 11.5 Å². The standard InChI is InChI=1S/C29H35N3O4/c1-20-23(17-27(33)34)28(32-14-12-29(2,3)13-15-32)24(19-30-20)25-10-9-22(18-31-25)36-16-11-21-7-5-6-8-26(21)35-4/h5-10,18-19H,11-17H2,1-4H3,(H,33,34). The van der Waals surface area contributed by atoms with E-state index < -0.39 is 5.97 Å². The highest BCUT2D eigenvalue weighted by Gasteiger charge is 2.29. The van der Waals surface area contributed by atoms with Gasteiger partial charge >= 0.3 is 5.97 Å². The SMILES string of the molecule is COc1ccccc1CCOc1ccc(-c2cnc(C)c(CC(=O)O)c2N2CCC(C)(C)CC2)nc1. The molecule has 3 aromatic rings. The highest BCUT2D eigenvalue weighted by atomic mass is 16.5. The lowest BCUT2D eigenvalue weighted by molar-refractivity contribution is -0.136. The number of methoxy groups -OCH3 is 1. The molecule has 0 bridgehead atoms. The normalized spacial score (nSPS) is 14.9. The summed E-state index contributed by atoms with van der Waals surface area (Å²) in [5, 5.41) is 9.61. The molecule has 1 saturated heterocycles. The summed E-state index contributed by atoms with van der Waals surface area (Å²) in [6, 6.07) is 11.7. The second kappa shape index (κ2) is 11.0. The maximum Gasteiger partial charge on any atom is 0.307 e. The van der Waals surface area contributed by atoms with Crippen molar-refractivity contribution in [1.29, 1.82) is 0 Å². The van der Waals surface area contributed by atoms with Crippen LogP contribution >= 0.6 is 0 Å². The molecule has 0 unspecified atom stereocenters. The summed E-state index contributed by atoms with van der Waals surface area (Å²) in [4.78, 5) is 23.2. The number of aromatic nitrogens is 2. The minimum absolute atomic E-state index is 0.0634. The summed E-state index contributed by atoms with van der Waals surface area (Å²) in [7, 11) is 1.67. The Balaban J connectivity index is 1.56. The van der Waals surface area contributed by atoms with Crippen molar-refractivity contribution in [3.8, 4) is 22.8 Å². The van der Waals surface area contributed by atoms with Gasteiger partial charge in [0.25, 0.3) is 0 Å². The maximum absolute atomic E-state index is 11.7. The van der Waals surface area contributed by atoms with Gasteiger partial charge in [-0.15, -0.1) is 0 Å². The highest BCUT2D eigenvalue weighted by molar-refractivity contribution is 5.83. The molecule has 36 heavy (non-hydrogen) atoms. The second-order valence-corrected chi connectivity index (χ2v) is 10.1. The van der Waals surface area contributed by atoms with Gasteiger partial charge in [-0.1, -0.05) is 32.0 Å². The smallest absolute Gasteiger partial charge is 0.307 e. The molecule has 0 amide bonds.